The van der Waals surface area contributed by atoms with Gasteiger partial charge in [0.2, 0.25) is 5.91 Å². The Hall–Kier alpha value is -2.45. The fourth-order valence-corrected chi connectivity index (χ4v) is 4.10. The van der Waals surface area contributed by atoms with Crippen LogP contribution in [-0.4, -0.2) is 33.8 Å². The first-order chi connectivity index (χ1) is 12.4. The highest BCUT2D eigenvalue weighted by atomic mass is 32.2. The molecule has 0 fully saturated rings. The Morgan fingerprint density at radius 3 is 2.77 bits per heavy atom. The molecule has 1 atom stereocenters. The van der Waals surface area contributed by atoms with Crippen LogP contribution in [-0.2, 0) is 9.59 Å². The van der Waals surface area contributed by atoms with E-state index >= 15 is 0 Å². The Labute approximate surface area is 159 Å². The van der Waals surface area contributed by atoms with Gasteiger partial charge < -0.3 is 15.3 Å². The van der Waals surface area contributed by atoms with E-state index in [0.717, 1.165) is 4.90 Å². The van der Waals surface area contributed by atoms with Crippen molar-refractivity contribution in [1.29, 1.82) is 0 Å². The van der Waals surface area contributed by atoms with Gasteiger partial charge in [0.15, 0.2) is 0 Å². The fraction of sp³-hybridized carbons (Fsp3) is 0.167. The summed E-state index contributed by atoms with van der Waals surface area (Å²) in [6.07, 6.45) is -0.265. The van der Waals surface area contributed by atoms with Gasteiger partial charge in [0, 0.05) is 10.6 Å². The lowest BCUT2D eigenvalue weighted by atomic mass is 10.2. The molecular formula is C18H15FN2O3S2. The van der Waals surface area contributed by atoms with Gasteiger partial charge in [0.1, 0.15) is 5.82 Å². The van der Waals surface area contributed by atoms with E-state index in [1.165, 1.54) is 28.8 Å². The molecule has 2 N–H and O–H groups in total. The number of amides is 1. The number of carboxylic acids is 1. The molecule has 26 heavy (non-hydrogen) atoms. The molecule has 0 aliphatic carbocycles. The van der Waals surface area contributed by atoms with Crippen molar-refractivity contribution in [3.8, 4) is 0 Å². The first-order valence-electron chi connectivity index (χ1n) is 7.78. The number of hydrogen-bond acceptors (Lipinski definition) is 4. The molecule has 134 valence electrons. The van der Waals surface area contributed by atoms with Crippen molar-refractivity contribution in [2.75, 3.05) is 16.8 Å². The van der Waals surface area contributed by atoms with Gasteiger partial charge in [0.25, 0.3) is 0 Å². The number of halogens is 1. The van der Waals surface area contributed by atoms with Crippen molar-refractivity contribution in [1.82, 2.24) is 0 Å². The molecule has 2 aromatic carbocycles. The summed E-state index contributed by atoms with van der Waals surface area (Å²) in [5, 5.41) is 11.3. The molecule has 0 bridgehead atoms. The first kappa shape index (κ1) is 18.3. The number of nitrogens with one attached hydrogen (secondary N) is 1. The highest BCUT2D eigenvalue weighted by molar-refractivity contribution is 8.01. The standard InChI is InChI=1S/C18H15FN2O3S2/c19-11-4-3-5-12(8-11)20-16(25)10-21-13-6-1-2-7-14(13)26-15(18(21)24)9-17(22)23/h1-8,15H,9-10H2,(H,20,25)(H,22,23). The molecule has 8 heteroatoms. The van der Waals surface area contributed by atoms with Crippen LogP contribution in [0.5, 0.6) is 0 Å². The predicted molar refractivity (Wildman–Crippen MR) is 103 cm³/mol. The van der Waals surface area contributed by atoms with E-state index in [1.54, 1.807) is 24.3 Å². The number of aliphatic carboxylic acids is 1. The second-order valence-corrected chi connectivity index (χ2v) is 7.39. The van der Waals surface area contributed by atoms with Crippen molar-refractivity contribution in [3.05, 3.63) is 54.3 Å². The second kappa shape index (κ2) is 7.84. The lowest BCUT2D eigenvalue weighted by molar-refractivity contribution is -0.138. The molecule has 0 spiro atoms. The minimum absolute atomic E-state index is 0.0817. The van der Waals surface area contributed by atoms with Crippen LogP contribution < -0.4 is 10.2 Å². The highest BCUT2D eigenvalue weighted by Gasteiger charge is 2.35. The molecule has 0 radical (unpaired) electrons. The maximum Gasteiger partial charge on any atom is 0.305 e. The third kappa shape index (κ3) is 4.20. The molecule has 1 aliphatic rings. The van der Waals surface area contributed by atoms with Gasteiger partial charge in [-0.3, -0.25) is 9.59 Å². The molecule has 0 saturated carbocycles. The van der Waals surface area contributed by atoms with Crippen LogP contribution in [0.25, 0.3) is 0 Å². The average molecular weight is 390 g/mol. The van der Waals surface area contributed by atoms with Gasteiger partial charge in [-0.1, -0.05) is 30.4 Å². The molecule has 1 heterocycles. The summed E-state index contributed by atoms with van der Waals surface area (Å²) in [7, 11) is 0. The van der Waals surface area contributed by atoms with Crippen LogP contribution in [0.4, 0.5) is 15.8 Å². The number of hydrogen-bond donors (Lipinski definition) is 2. The van der Waals surface area contributed by atoms with Gasteiger partial charge in [0.05, 0.1) is 28.9 Å². The van der Waals surface area contributed by atoms with Crippen LogP contribution in [0.3, 0.4) is 0 Å². The van der Waals surface area contributed by atoms with Crippen molar-refractivity contribution in [3.63, 3.8) is 0 Å². The smallest absolute Gasteiger partial charge is 0.305 e. The van der Waals surface area contributed by atoms with Crippen LogP contribution >= 0.6 is 24.0 Å². The number of carbonyl (C=O) groups is 2. The minimum Gasteiger partial charge on any atom is -0.481 e. The average Bonchev–Trinajstić information content (AvgIpc) is 2.58. The zero-order valence-electron chi connectivity index (χ0n) is 13.5. The summed E-state index contributed by atoms with van der Waals surface area (Å²) in [5.41, 5.74) is 1.18. The normalized spacial score (nSPS) is 16.1. The summed E-state index contributed by atoms with van der Waals surface area (Å²) in [6, 6.07) is 13.1. The van der Waals surface area contributed by atoms with Crippen LogP contribution in [0.1, 0.15) is 6.42 Å². The van der Waals surface area contributed by atoms with Crippen LogP contribution in [0, 0.1) is 5.82 Å². The number of carbonyl (C=O) groups excluding carboxylic acids is 1. The number of carboxylic acid groups (broad SMARTS) is 1. The van der Waals surface area contributed by atoms with E-state index in [1.807, 2.05) is 12.1 Å². The summed E-state index contributed by atoms with van der Waals surface area (Å²) in [5.74, 6) is -1.73. The summed E-state index contributed by atoms with van der Waals surface area (Å²) >= 11 is 6.56. The third-order valence-corrected chi connectivity index (χ3v) is 5.22. The number of fused-ring (bicyclic) bond motifs is 1. The van der Waals surface area contributed by atoms with Gasteiger partial charge in [-0.05, 0) is 30.3 Å². The van der Waals surface area contributed by atoms with Crippen molar-refractivity contribution in [2.45, 2.75) is 16.6 Å². The summed E-state index contributed by atoms with van der Waals surface area (Å²) in [4.78, 5) is 26.5. The van der Waals surface area contributed by atoms with E-state index < -0.39 is 17.0 Å². The Kier molecular flexibility index (Phi) is 5.53. The zero-order valence-corrected chi connectivity index (χ0v) is 15.1. The Balaban J connectivity index is 1.81. The van der Waals surface area contributed by atoms with Gasteiger partial charge in [-0.25, -0.2) is 4.39 Å². The number of benzene rings is 2. The van der Waals surface area contributed by atoms with E-state index in [2.05, 4.69) is 5.32 Å². The predicted octanol–water partition coefficient (Wildman–Crippen LogP) is 3.55. The van der Waals surface area contributed by atoms with Gasteiger partial charge >= 0.3 is 5.97 Å². The van der Waals surface area contributed by atoms with Crippen molar-refractivity contribution < 1.29 is 19.1 Å². The SMILES string of the molecule is O=C(O)CC1Sc2ccccc2N(CC(=S)Nc2cccc(F)c2)C1=O. The van der Waals surface area contributed by atoms with E-state index in [9.17, 15) is 14.0 Å². The van der Waals surface area contributed by atoms with E-state index in [-0.39, 0.29) is 18.9 Å². The summed E-state index contributed by atoms with van der Waals surface area (Å²) in [6.45, 7) is 0.0817. The first-order valence-corrected chi connectivity index (χ1v) is 9.07. The number of para-hydroxylation sites is 1. The summed E-state index contributed by atoms with van der Waals surface area (Å²) < 4.78 is 13.3. The fourth-order valence-electron chi connectivity index (χ4n) is 2.64. The Morgan fingerprint density at radius 2 is 2.04 bits per heavy atom. The topological polar surface area (TPSA) is 69.6 Å². The van der Waals surface area contributed by atoms with Gasteiger partial charge in [-0.15, -0.1) is 11.8 Å². The molecular weight excluding hydrogens is 375 g/mol. The quantitative estimate of drug-likeness (QED) is 0.761. The van der Waals surface area contributed by atoms with Crippen LogP contribution in [0.15, 0.2) is 53.4 Å². The maximum atomic E-state index is 13.3. The molecule has 1 amide bonds. The lowest BCUT2D eigenvalue weighted by Crippen LogP contribution is -2.45. The van der Waals surface area contributed by atoms with E-state index in [4.69, 9.17) is 17.3 Å². The largest absolute Gasteiger partial charge is 0.481 e. The highest BCUT2D eigenvalue weighted by Crippen LogP contribution is 2.40. The number of thioether (sulfide) groups is 1. The molecule has 5 nitrogen and oxygen atoms in total. The molecule has 0 aromatic heterocycles. The number of thiocarbonyl (C=S) groups is 1. The minimum atomic E-state index is -1.03. The van der Waals surface area contributed by atoms with Crippen molar-refractivity contribution in [2.24, 2.45) is 0 Å². The molecule has 1 unspecified atom stereocenters. The molecule has 1 aliphatic heterocycles. The molecule has 2 aromatic rings. The van der Waals surface area contributed by atoms with Crippen molar-refractivity contribution >= 4 is 52.2 Å². The Bertz CT molecular complexity index is 875. The number of anilines is 2. The molecule has 0 saturated heterocycles. The molecule has 3 rings (SSSR count). The Morgan fingerprint density at radius 1 is 1.27 bits per heavy atom. The van der Waals surface area contributed by atoms with E-state index in [0.29, 0.717) is 16.4 Å². The van der Waals surface area contributed by atoms with Crippen LogP contribution in [0.2, 0.25) is 0 Å². The number of nitrogens with zero attached hydrogens (tertiary/aromatic N) is 1. The zero-order chi connectivity index (χ0) is 18.7. The monoisotopic (exact) mass is 390 g/mol. The lowest BCUT2D eigenvalue weighted by Gasteiger charge is -2.33. The maximum absolute atomic E-state index is 13.3. The second-order valence-electron chi connectivity index (χ2n) is 5.65. The third-order valence-electron chi connectivity index (χ3n) is 3.74. The number of rotatable bonds is 5. The van der Waals surface area contributed by atoms with Gasteiger partial charge in [-0.2, -0.15) is 0 Å².